The van der Waals surface area contributed by atoms with E-state index in [4.69, 9.17) is 5.73 Å². The smallest absolute Gasteiger partial charge is 0.267 e. The van der Waals surface area contributed by atoms with Crippen LogP contribution >= 0.6 is 0 Å². The first-order chi connectivity index (χ1) is 8.35. The molecular weight excluding hydrogens is 226 g/mol. The van der Waals surface area contributed by atoms with Crippen molar-refractivity contribution in [3.8, 4) is 0 Å². The molecule has 2 aromatic rings. The van der Waals surface area contributed by atoms with Gasteiger partial charge in [0.15, 0.2) is 0 Å². The third-order valence-corrected chi connectivity index (χ3v) is 2.73. The standard InChI is InChI=1S/C14H19N3O/c1-9-4-5-11-10(6-9)7-12(17-11)13(18)16-8-14(2,3)15/h4-7,17H,8,15H2,1-3H3,(H,16,18). The third-order valence-electron chi connectivity index (χ3n) is 2.73. The number of aromatic amines is 1. The summed E-state index contributed by atoms with van der Waals surface area (Å²) in [5, 5.41) is 3.87. The highest BCUT2D eigenvalue weighted by Crippen LogP contribution is 2.16. The van der Waals surface area contributed by atoms with Crippen molar-refractivity contribution in [2.75, 3.05) is 6.54 Å². The van der Waals surface area contributed by atoms with Crippen molar-refractivity contribution in [1.82, 2.24) is 10.3 Å². The van der Waals surface area contributed by atoms with Crippen molar-refractivity contribution in [3.05, 3.63) is 35.5 Å². The fourth-order valence-corrected chi connectivity index (χ4v) is 1.78. The molecule has 18 heavy (non-hydrogen) atoms. The maximum atomic E-state index is 11.9. The second-order valence-electron chi connectivity index (χ2n) is 5.44. The highest BCUT2D eigenvalue weighted by atomic mass is 16.1. The summed E-state index contributed by atoms with van der Waals surface area (Å²) < 4.78 is 0. The van der Waals surface area contributed by atoms with Gasteiger partial charge in [-0.15, -0.1) is 0 Å². The Hall–Kier alpha value is -1.81. The van der Waals surface area contributed by atoms with Crippen LogP contribution in [0.4, 0.5) is 0 Å². The number of hydrogen-bond donors (Lipinski definition) is 3. The maximum Gasteiger partial charge on any atom is 0.267 e. The monoisotopic (exact) mass is 245 g/mol. The van der Waals surface area contributed by atoms with E-state index in [9.17, 15) is 4.79 Å². The average molecular weight is 245 g/mol. The Bertz CT molecular complexity index is 578. The topological polar surface area (TPSA) is 70.9 Å². The average Bonchev–Trinajstić information content (AvgIpc) is 2.67. The summed E-state index contributed by atoms with van der Waals surface area (Å²) in [6, 6.07) is 7.91. The SMILES string of the molecule is Cc1ccc2[nH]c(C(=O)NCC(C)(C)N)cc2c1. The molecule has 1 amide bonds. The molecule has 0 fully saturated rings. The van der Waals surface area contributed by atoms with E-state index in [1.54, 1.807) is 0 Å². The zero-order valence-electron chi connectivity index (χ0n) is 11.0. The van der Waals surface area contributed by atoms with Crippen LogP contribution in [0, 0.1) is 6.92 Å². The van der Waals surface area contributed by atoms with Crippen LogP contribution < -0.4 is 11.1 Å². The summed E-state index contributed by atoms with van der Waals surface area (Å²) >= 11 is 0. The first-order valence-corrected chi connectivity index (χ1v) is 6.02. The molecule has 0 saturated carbocycles. The Labute approximate surface area is 107 Å². The highest BCUT2D eigenvalue weighted by molar-refractivity contribution is 5.98. The Morgan fingerprint density at radius 3 is 2.78 bits per heavy atom. The first-order valence-electron chi connectivity index (χ1n) is 6.02. The van der Waals surface area contributed by atoms with Gasteiger partial charge in [0, 0.05) is 23.0 Å². The molecule has 1 heterocycles. The molecule has 4 N–H and O–H groups in total. The third kappa shape index (κ3) is 2.90. The van der Waals surface area contributed by atoms with Gasteiger partial charge in [0.2, 0.25) is 0 Å². The van der Waals surface area contributed by atoms with E-state index in [-0.39, 0.29) is 5.91 Å². The van der Waals surface area contributed by atoms with Crippen LogP contribution in [0.3, 0.4) is 0 Å². The predicted molar refractivity (Wildman–Crippen MR) is 73.6 cm³/mol. The minimum Gasteiger partial charge on any atom is -0.351 e. The largest absolute Gasteiger partial charge is 0.351 e. The molecule has 0 atom stereocenters. The van der Waals surface area contributed by atoms with Gasteiger partial charge >= 0.3 is 0 Å². The van der Waals surface area contributed by atoms with Crippen molar-refractivity contribution in [3.63, 3.8) is 0 Å². The number of hydrogen-bond acceptors (Lipinski definition) is 2. The first kappa shape index (κ1) is 12.6. The van der Waals surface area contributed by atoms with Crippen molar-refractivity contribution < 1.29 is 4.79 Å². The van der Waals surface area contributed by atoms with Crippen LogP contribution in [0.1, 0.15) is 29.9 Å². The molecular formula is C14H19N3O. The van der Waals surface area contributed by atoms with Gasteiger partial charge in [-0.3, -0.25) is 4.79 Å². The Balaban J connectivity index is 2.18. The lowest BCUT2D eigenvalue weighted by Crippen LogP contribution is -2.45. The lowest BCUT2D eigenvalue weighted by atomic mass is 10.1. The second kappa shape index (κ2) is 4.46. The molecule has 0 aliphatic heterocycles. The molecule has 0 aliphatic carbocycles. The lowest BCUT2D eigenvalue weighted by Gasteiger charge is -2.18. The zero-order chi connectivity index (χ0) is 13.3. The van der Waals surface area contributed by atoms with Crippen LogP contribution in [0.2, 0.25) is 0 Å². The number of nitrogens with one attached hydrogen (secondary N) is 2. The summed E-state index contributed by atoms with van der Waals surface area (Å²) in [7, 11) is 0. The van der Waals surface area contributed by atoms with Crippen molar-refractivity contribution in [1.29, 1.82) is 0 Å². The Morgan fingerprint density at radius 2 is 2.11 bits per heavy atom. The van der Waals surface area contributed by atoms with Crippen molar-refractivity contribution >= 4 is 16.8 Å². The van der Waals surface area contributed by atoms with Gasteiger partial charge in [-0.25, -0.2) is 0 Å². The fraction of sp³-hybridized carbons (Fsp3) is 0.357. The van der Waals surface area contributed by atoms with E-state index in [0.717, 1.165) is 10.9 Å². The van der Waals surface area contributed by atoms with E-state index < -0.39 is 5.54 Å². The Morgan fingerprint density at radius 1 is 1.39 bits per heavy atom. The van der Waals surface area contributed by atoms with Gasteiger partial charge in [-0.1, -0.05) is 11.6 Å². The summed E-state index contributed by atoms with van der Waals surface area (Å²) in [6.07, 6.45) is 0. The number of aryl methyl sites for hydroxylation is 1. The van der Waals surface area contributed by atoms with Gasteiger partial charge in [-0.2, -0.15) is 0 Å². The molecule has 0 unspecified atom stereocenters. The van der Waals surface area contributed by atoms with Gasteiger partial charge in [-0.05, 0) is 39.0 Å². The number of fused-ring (bicyclic) bond motifs is 1. The molecule has 2 rings (SSSR count). The number of carbonyl (C=O) groups is 1. The number of benzene rings is 1. The van der Waals surface area contributed by atoms with Crippen LogP contribution in [0.5, 0.6) is 0 Å². The molecule has 1 aromatic heterocycles. The molecule has 0 bridgehead atoms. The number of nitrogens with two attached hydrogens (primary N) is 1. The molecule has 1 aromatic carbocycles. The van der Waals surface area contributed by atoms with E-state index in [1.807, 2.05) is 39.0 Å². The quantitative estimate of drug-likeness (QED) is 0.773. The number of H-pyrrole nitrogens is 1. The van der Waals surface area contributed by atoms with E-state index in [1.165, 1.54) is 5.56 Å². The van der Waals surface area contributed by atoms with Gasteiger partial charge in [0.1, 0.15) is 5.69 Å². The molecule has 4 nitrogen and oxygen atoms in total. The minimum absolute atomic E-state index is 0.123. The molecule has 0 spiro atoms. The predicted octanol–water partition coefficient (Wildman–Crippen LogP) is 1.94. The highest BCUT2D eigenvalue weighted by Gasteiger charge is 2.14. The number of aromatic nitrogens is 1. The number of carbonyl (C=O) groups excluding carboxylic acids is 1. The van der Waals surface area contributed by atoms with Crippen LogP contribution in [-0.4, -0.2) is 23.0 Å². The second-order valence-corrected chi connectivity index (χ2v) is 5.44. The van der Waals surface area contributed by atoms with E-state index >= 15 is 0 Å². The Kier molecular flexibility index (Phi) is 3.13. The molecule has 0 saturated heterocycles. The maximum absolute atomic E-state index is 11.9. The van der Waals surface area contributed by atoms with Crippen LogP contribution in [-0.2, 0) is 0 Å². The lowest BCUT2D eigenvalue weighted by molar-refractivity contribution is 0.0942. The van der Waals surface area contributed by atoms with Gasteiger partial charge < -0.3 is 16.0 Å². The van der Waals surface area contributed by atoms with Crippen LogP contribution in [0.25, 0.3) is 10.9 Å². The number of rotatable bonds is 3. The molecule has 96 valence electrons. The van der Waals surface area contributed by atoms with Crippen molar-refractivity contribution in [2.24, 2.45) is 5.73 Å². The molecule has 0 radical (unpaired) electrons. The van der Waals surface area contributed by atoms with E-state index in [2.05, 4.69) is 16.4 Å². The van der Waals surface area contributed by atoms with Gasteiger partial charge in [0.25, 0.3) is 5.91 Å². The minimum atomic E-state index is -0.405. The molecule has 0 aliphatic rings. The normalized spacial score (nSPS) is 11.8. The summed E-state index contributed by atoms with van der Waals surface area (Å²) in [5.74, 6) is -0.123. The van der Waals surface area contributed by atoms with Crippen molar-refractivity contribution in [2.45, 2.75) is 26.3 Å². The molecule has 4 heteroatoms. The van der Waals surface area contributed by atoms with Gasteiger partial charge in [0.05, 0.1) is 0 Å². The summed E-state index contributed by atoms with van der Waals surface area (Å²) in [4.78, 5) is 15.1. The fourth-order valence-electron chi connectivity index (χ4n) is 1.78. The summed E-state index contributed by atoms with van der Waals surface area (Å²) in [6.45, 7) is 6.23. The summed E-state index contributed by atoms with van der Waals surface area (Å²) in [5.41, 5.74) is 8.14. The van der Waals surface area contributed by atoms with E-state index in [0.29, 0.717) is 12.2 Å². The zero-order valence-corrected chi connectivity index (χ0v) is 11.0. The van der Waals surface area contributed by atoms with Crippen LogP contribution in [0.15, 0.2) is 24.3 Å². The number of amides is 1.